The molecule has 2 bridgehead atoms. The molecule has 1 N–H and O–H groups in total. The number of hydrogen-bond donors (Lipinski definition) is 1. The molecule has 0 radical (unpaired) electrons. The summed E-state index contributed by atoms with van der Waals surface area (Å²) in [5.41, 5.74) is 3.88. The van der Waals surface area contributed by atoms with Crippen molar-refractivity contribution in [2.24, 2.45) is 0 Å². The fraction of sp³-hybridized carbons (Fsp3) is 0.200. The van der Waals surface area contributed by atoms with Gasteiger partial charge in [-0.3, -0.25) is 0 Å². The summed E-state index contributed by atoms with van der Waals surface area (Å²) in [5, 5.41) is 2.04. The molecule has 0 saturated carbocycles. The molecule has 4 aliphatic heterocycles. The fourth-order valence-electron chi connectivity index (χ4n) is 4.61. The van der Waals surface area contributed by atoms with Gasteiger partial charge in [-0.1, -0.05) is 0 Å². The van der Waals surface area contributed by atoms with Crippen molar-refractivity contribution >= 4 is 53.2 Å². The second-order valence-electron chi connectivity index (χ2n) is 6.83. The molecule has 128 valence electrons. The van der Waals surface area contributed by atoms with E-state index in [0.29, 0.717) is 3.67 Å². The van der Waals surface area contributed by atoms with Gasteiger partial charge < -0.3 is 0 Å². The standard InChI is InChI=1S/C20H16NO3S.In/c1-24-17-10-6-5-9-15(17)11-12-16(14-7-3-2-4-8-14)13-18-19(22)21-20(23)25-18;/h2-7,9-10,13,18H,11H2,1H3,(H,21,22,23);. The Labute approximate surface area is 163 Å². The van der Waals surface area contributed by atoms with Crippen molar-refractivity contribution < 1.29 is 14.3 Å². The van der Waals surface area contributed by atoms with Crippen molar-refractivity contribution in [2.45, 2.75) is 15.3 Å². The topological polar surface area (TPSA) is 55.4 Å². The Morgan fingerprint density at radius 1 is 1.12 bits per heavy atom. The average molecular weight is 465 g/mol. The van der Waals surface area contributed by atoms with Gasteiger partial charge in [0.15, 0.2) is 0 Å². The SMILES string of the molecule is COc1ccccc1C[C]1=C2c3cccc[c]3[In]1[CH]2C1SC(=O)NC1=O. The predicted molar refractivity (Wildman–Crippen MR) is 104 cm³/mol. The van der Waals surface area contributed by atoms with Gasteiger partial charge in [0.1, 0.15) is 0 Å². The summed E-state index contributed by atoms with van der Waals surface area (Å²) in [6, 6.07) is 16.7. The van der Waals surface area contributed by atoms with Crippen molar-refractivity contribution in [1.29, 1.82) is 0 Å². The van der Waals surface area contributed by atoms with Crippen LogP contribution in [0.4, 0.5) is 4.79 Å². The maximum absolute atomic E-state index is 12.3. The molecule has 4 nitrogen and oxygen atoms in total. The summed E-state index contributed by atoms with van der Waals surface area (Å²) in [7, 11) is 1.71. The van der Waals surface area contributed by atoms with Crippen LogP contribution in [-0.2, 0) is 11.2 Å². The van der Waals surface area contributed by atoms with Gasteiger partial charge in [0.25, 0.3) is 0 Å². The van der Waals surface area contributed by atoms with Crippen LogP contribution in [0.15, 0.2) is 51.9 Å². The number of hydrogen-bond acceptors (Lipinski definition) is 4. The number of rotatable bonds is 4. The third-order valence-corrected chi connectivity index (χ3v) is 18.6. The third kappa shape index (κ3) is 2.31. The van der Waals surface area contributed by atoms with Crippen molar-refractivity contribution in [3.05, 3.63) is 63.0 Å². The predicted octanol–water partition coefficient (Wildman–Crippen LogP) is 2.68. The Balaban J connectivity index is 1.55. The Morgan fingerprint density at radius 2 is 1.88 bits per heavy atom. The van der Waals surface area contributed by atoms with Gasteiger partial charge in [0.05, 0.1) is 0 Å². The van der Waals surface area contributed by atoms with Crippen LogP contribution in [0.2, 0.25) is 3.67 Å². The molecule has 0 aliphatic carbocycles. The number of ether oxygens (including phenoxy) is 1. The van der Waals surface area contributed by atoms with Gasteiger partial charge in [-0.2, -0.15) is 0 Å². The Bertz CT molecular complexity index is 987. The summed E-state index contributed by atoms with van der Waals surface area (Å²) in [6.45, 7) is 0. The van der Waals surface area contributed by atoms with Gasteiger partial charge >= 0.3 is 164 Å². The molecule has 4 aliphatic rings. The number of nitrogens with one attached hydrogen (secondary N) is 1. The first-order valence-electron chi connectivity index (χ1n) is 8.64. The van der Waals surface area contributed by atoms with E-state index in [-0.39, 0.29) is 16.4 Å². The van der Waals surface area contributed by atoms with E-state index in [4.69, 9.17) is 4.74 Å². The number of methoxy groups -OCH3 is 1. The monoisotopic (exact) mass is 465 g/mol. The number of benzene rings is 2. The van der Waals surface area contributed by atoms with Gasteiger partial charge in [-0.25, -0.2) is 0 Å². The van der Waals surface area contributed by atoms with Gasteiger partial charge in [-0.15, -0.1) is 0 Å². The number of amides is 2. The molecule has 2 aromatic carbocycles. The molecule has 2 amide bonds. The molecule has 1 fully saturated rings. The first-order chi connectivity index (χ1) is 12.7. The zero-order valence-corrected chi connectivity index (χ0v) is 18.3. The van der Waals surface area contributed by atoms with Gasteiger partial charge in [-0.05, 0) is 0 Å². The van der Waals surface area contributed by atoms with Crippen molar-refractivity contribution in [2.75, 3.05) is 7.11 Å². The van der Waals surface area contributed by atoms with Crippen molar-refractivity contribution in [3.63, 3.8) is 0 Å². The van der Waals surface area contributed by atoms with E-state index >= 15 is 0 Å². The zero-order chi connectivity index (χ0) is 17.8. The normalized spacial score (nSPS) is 23.0. The van der Waals surface area contributed by atoms with Crippen LogP contribution in [0.3, 0.4) is 0 Å². The van der Waals surface area contributed by atoms with E-state index < -0.39 is 21.4 Å². The molecular formula is C20H16InNO3S. The Hall–Kier alpha value is -1.66. The Morgan fingerprint density at radius 3 is 2.62 bits per heavy atom. The first kappa shape index (κ1) is 16.5. The summed E-state index contributed by atoms with van der Waals surface area (Å²) in [5.74, 6) is 0.815. The molecule has 4 heterocycles. The molecule has 2 atom stereocenters. The van der Waals surface area contributed by atoms with Crippen LogP contribution in [0, 0.1) is 0 Å². The minimum atomic E-state index is -2.32. The number of thioether (sulfide) groups is 1. The van der Waals surface area contributed by atoms with Crippen LogP contribution in [0.1, 0.15) is 11.1 Å². The second-order valence-corrected chi connectivity index (χ2v) is 16.5. The van der Waals surface area contributed by atoms with Crippen LogP contribution in [0.25, 0.3) is 5.57 Å². The zero-order valence-electron chi connectivity index (χ0n) is 14.2. The average Bonchev–Trinajstić information content (AvgIpc) is 3.26. The van der Waals surface area contributed by atoms with Crippen molar-refractivity contribution in [1.82, 2.24) is 5.32 Å². The Kier molecular flexibility index (Phi) is 3.94. The van der Waals surface area contributed by atoms with Crippen LogP contribution in [-0.4, -0.2) is 44.9 Å². The van der Waals surface area contributed by atoms with E-state index in [9.17, 15) is 9.59 Å². The number of allylic oxidation sites excluding steroid dienone is 2. The minimum absolute atomic E-state index is 0.103. The molecule has 6 rings (SSSR count). The molecule has 0 aromatic heterocycles. The van der Waals surface area contributed by atoms with E-state index in [1.54, 1.807) is 10.4 Å². The molecule has 1 saturated heterocycles. The fourth-order valence-corrected chi connectivity index (χ4v) is 19.1. The number of para-hydroxylation sites is 1. The quantitative estimate of drug-likeness (QED) is 0.755. The maximum atomic E-state index is 12.3. The number of carbonyl (C=O) groups excluding carboxylic acids is 2. The van der Waals surface area contributed by atoms with Crippen molar-refractivity contribution in [3.8, 4) is 5.75 Å². The first-order valence-corrected chi connectivity index (χ1v) is 14.7. The molecule has 0 spiro atoms. The molecule has 26 heavy (non-hydrogen) atoms. The van der Waals surface area contributed by atoms with Crippen LogP contribution >= 0.6 is 11.8 Å². The second kappa shape index (κ2) is 6.20. The van der Waals surface area contributed by atoms with E-state index in [2.05, 4.69) is 35.6 Å². The molecule has 2 aromatic rings. The number of imide groups is 1. The summed E-state index contributed by atoms with van der Waals surface area (Å²) < 4.78 is 8.89. The third-order valence-electron chi connectivity index (χ3n) is 5.62. The van der Waals surface area contributed by atoms with Gasteiger partial charge in [0, 0.05) is 0 Å². The van der Waals surface area contributed by atoms with Crippen LogP contribution in [0.5, 0.6) is 5.75 Å². The van der Waals surface area contributed by atoms with Gasteiger partial charge in [0.2, 0.25) is 0 Å². The summed E-state index contributed by atoms with van der Waals surface area (Å²) in [6.07, 6.45) is 0.901. The number of carbonyl (C=O) groups is 2. The van der Waals surface area contributed by atoms with E-state index in [1.807, 2.05) is 18.2 Å². The summed E-state index contributed by atoms with van der Waals surface area (Å²) >= 11 is -1.13. The van der Waals surface area contributed by atoms with Crippen LogP contribution < -0.4 is 13.4 Å². The molecular weight excluding hydrogens is 449 g/mol. The molecule has 6 heteroatoms. The van der Waals surface area contributed by atoms with E-state index in [1.165, 1.54) is 31.8 Å². The molecule has 2 unspecified atom stereocenters. The summed E-state index contributed by atoms with van der Waals surface area (Å²) in [4.78, 5) is 24.0. The van der Waals surface area contributed by atoms with E-state index in [0.717, 1.165) is 12.2 Å².